The number of methoxy groups -OCH3 is 1. The van der Waals surface area contributed by atoms with E-state index in [1.807, 2.05) is 24.3 Å². The monoisotopic (exact) mass is 391 g/mol. The van der Waals surface area contributed by atoms with Crippen LogP contribution in [0.1, 0.15) is 31.2 Å². The number of hydrogen-bond acceptors (Lipinski definition) is 2. The van der Waals surface area contributed by atoms with Gasteiger partial charge < -0.3 is 4.74 Å². The Morgan fingerprint density at radius 3 is 2.50 bits per heavy atom. The second-order valence-corrected chi connectivity index (χ2v) is 7.00. The molecule has 4 heteroatoms. The van der Waals surface area contributed by atoms with Gasteiger partial charge in [0.15, 0.2) is 0 Å². The fourth-order valence-electron chi connectivity index (χ4n) is 3.32. The van der Waals surface area contributed by atoms with E-state index in [4.69, 9.17) is 16.3 Å². The first-order chi connectivity index (χ1) is 12.3. The van der Waals surface area contributed by atoms with E-state index in [9.17, 15) is 0 Å². The molecular weight excluding hydrogens is 365 g/mol. The number of rotatable bonds is 5. The van der Waals surface area contributed by atoms with Crippen LogP contribution in [0.3, 0.4) is 0 Å². The molecule has 0 radical (unpaired) electrons. The lowest BCUT2D eigenvalue weighted by atomic mass is 10.0. The Hall–Kier alpha value is -1.48. The van der Waals surface area contributed by atoms with Crippen molar-refractivity contribution < 1.29 is 4.74 Å². The molecule has 2 aromatic carbocycles. The Kier molecular flexibility index (Phi) is 8.50. The highest BCUT2D eigenvalue weighted by Gasteiger charge is 2.07. The zero-order chi connectivity index (χ0) is 17.5. The lowest BCUT2D eigenvalue weighted by molar-refractivity contribution is 0.316. The van der Waals surface area contributed by atoms with Crippen LogP contribution < -0.4 is 4.74 Å². The molecule has 1 saturated heterocycles. The smallest absolute Gasteiger partial charge is 0.119 e. The molecule has 1 aliphatic rings. The SMILES string of the molecule is COc1cccc(-c2ccc(/C=C\CN3CCCCCC3)cc2Cl)c1.Cl. The third kappa shape index (κ3) is 5.77. The van der Waals surface area contributed by atoms with Crippen LogP contribution >= 0.6 is 24.0 Å². The molecule has 2 nitrogen and oxygen atoms in total. The topological polar surface area (TPSA) is 12.5 Å². The van der Waals surface area contributed by atoms with Gasteiger partial charge in [-0.1, -0.05) is 60.9 Å². The van der Waals surface area contributed by atoms with Crippen LogP contribution in [0.25, 0.3) is 17.2 Å². The first-order valence-electron chi connectivity index (χ1n) is 9.09. The standard InChI is InChI=1S/C22H26ClNO.ClH/c1-25-20-10-6-9-19(17-20)21-12-11-18(16-22(21)23)8-7-15-24-13-4-2-3-5-14-24;/h6-12,16-17H,2-5,13-15H2,1H3;1H/b8-7-;. The van der Waals surface area contributed by atoms with Gasteiger partial charge in [0.1, 0.15) is 5.75 Å². The molecule has 0 spiro atoms. The minimum Gasteiger partial charge on any atom is -0.497 e. The molecule has 3 rings (SSSR count). The van der Waals surface area contributed by atoms with Gasteiger partial charge in [-0.05, 0) is 55.3 Å². The Labute approximate surface area is 168 Å². The second kappa shape index (κ2) is 10.6. The third-order valence-corrected chi connectivity index (χ3v) is 5.06. The Balaban J connectivity index is 0.00000243. The van der Waals surface area contributed by atoms with Crippen LogP contribution in [-0.2, 0) is 0 Å². The van der Waals surface area contributed by atoms with Crippen molar-refractivity contribution in [3.05, 3.63) is 59.1 Å². The molecule has 0 unspecified atom stereocenters. The first kappa shape index (κ1) is 20.8. The molecule has 0 aromatic heterocycles. The Morgan fingerprint density at radius 2 is 1.81 bits per heavy atom. The molecular formula is C22H27Cl2NO. The van der Waals surface area contributed by atoms with E-state index in [0.717, 1.165) is 34.0 Å². The van der Waals surface area contributed by atoms with Gasteiger partial charge in [-0.3, -0.25) is 4.90 Å². The van der Waals surface area contributed by atoms with E-state index in [2.05, 4.69) is 35.3 Å². The van der Waals surface area contributed by atoms with E-state index < -0.39 is 0 Å². The van der Waals surface area contributed by atoms with E-state index in [1.54, 1.807) is 7.11 Å². The van der Waals surface area contributed by atoms with Gasteiger partial charge in [-0.15, -0.1) is 12.4 Å². The molecule has 1 aliphatic heterocycles. The zero-order valence-corrected chi connectivity index (χ0v) is 16.9. The maximum Gasteiger partial charge on any atom is 0.119 e. The van der Waals surface area contributed by atoms with Crippen LogP contribution in [0.2, 0.25) is 5.02 Å². The van der Waals surface area contributed by atoms with Gasteiger partial charge in [0.2, 0.25) is 0 Å². The summed E-state index contributed by atoms with van der Waals surface area (Å²) in [6.07, 6.45) is 9.83. The third-order valence-electron chi connectivity index (χ3n) is 4.75. The summed E-state index contributed by atoms with van der Waals surface area (Å²) in [7, 11) is 1.68. The van der Waals surface area contributed by atoms with E-state index in [1.165, 1.54) is 38.8 Å². The summed E-state index contributed by atoms with van der Waals surface area (Å²) in [5, 5.41) is 0.769. The van der Waals surface area contributed by atoms with Crippen LogP contribution in [0, 0.1) is 0 Å². The predicted octanol–water partition coefficient (Wildman–Crippen LogP) is 6.33. The second-order valence-electron chi connectivity index (χ2n) is 6.59. The summed E-state index contributed by atoms with van der Waals surface area (Å²) in [4.78, 5) is 2.54. The summed E-state index contributed by atoms with van der Waals surface area (Å²) >= 11 is 6.52. The van der Waals surface area contributed by atoms with Crippen molar-refractivity contribution in [3.63, 3.8) is 0 Å². The molecule has 1 fully saturated rings. The number of ether oxygens (including phenoxy) is 1. The minimum atomic E-state index is 0. The largest absolute Gasteiger partial charge is 0.497 e. The van der Waals surface area contributed by atoms with Crippen LogP contribution in [0.5, 0.6) is 5.75 Å². The lowest BCUT2D eigenvalue weighted by Gasteiger charge is -2.17. The van der Waals surface area contributed by atoms with Crippen molar-refractivity contribution in [2.24, 2.45) is 0 Å². The van der Waals surface area contributed by atoms with Gasteiger partial charge in [-0.2, -0.15) is 0 Å². The predicted molar refractivity (Wildman–Crippen MR) is 115 cm³/mol. The van der Waals surface area contributed by atoms with E-state index in [0.29, 0.717) is 0 Å². The zero-order valence-electron chi connectivity index (χ0n) is 15.3. The summed E-state index contributed by atoms with van der Waals surface area (Å²) in [6, 6.07) is 14.2. The molecule has 0 atom stereocenters. The van der Waals surface area contributed by atoms with Crippen molar-refractivity contribution in [3.8, 4) is 16.9 Å². The molecule has 26 heavy (non-hydrogen) atoms. The summed E-state index contributed by atoms with van der Waals surface area (Å²) in [5.74, 6) is 0.843. The highest BCUT2D eigenvalue weighted by molar-refractivity contribution is 6.33. The molecule has 1 heterocycles. The van der Waals surface area contributed by atoms with Crippen LogP contribution in [-0.4, -0.2) is 31.6 Å². The number of hydrogen-bond donors (Lipinski definition) is 0. The summed E-state index contributed by atoms with van der Waals surface area (Å²) in [5.41, 5.74) is 3.25. The molecule has 0 amide bonds. The van der Waals surface area contributed by atoms with Crippen LogP contribution in [0.4, 0.5) is 0 Å². The molecule has 140 valence electrons. The molecule has 0 aliphatic carbocycles. The Bertz CT molecular complexity index is 722. The van der Waals surface area contributed by atoms with Crippen molar-refractivity contribution in [2.75, 3.05) is 26.7 Å². The normalized spacial score (nSPS) is 15.5. The van der Waals surface area contributed by atoms with Crippen LogP contribution in [0.15, 0.2) is 48.5 Å². The lowest BCUT2D eigenvalue weighted by Crippen LogP contribution is -2.24. The average molecular weight is 392 g/mol. The minimum absolute atomic E-state index is 0. The molecule has 0 bridgehead atoms. The molecule has 0 saturated carbocycles. The maximum atomic E-state index is 6.52. The van der Waals surface area contributed by atoms with Crippen molar-refractivity contribution in [1.29, 1.82) is 0 Å². The van der Waals surface area contributed by atoms with Crippen molar-refractivity contribution in [2.45, 2.75) is 25.7 Å². The van der Waals surface area contributed by atoms with Gasteiger partial charge in [0.05, 0.1) is 7.11 Å². The molecule has 2 aromatic rings. The van der Waals surface area contributed by atoms with Gasteiger partial charge in [0, 0.05) is 17.1 Å². The van der Waals surface area contributed by atoms with Gasteiger partial charge in [-0.25, -0.2) is 0 Å². The van der Waals surface area contributed by atoms with Gasteiger partial charge >= 0.3 is 0 Å². The maximum absolute atomic E-state index is 6.52. The number of likely N-dealkylation sites (tertiary alicyclic amines) is 1. The Morgan fingerprint density at radius 1 is 1.04 bits per heavy atom. The first-order valence-corrected chi connectivity index (χ1v) is 9.47. The summed E-state index contributed by atoms with van der Waals surface area (Å²) < 4.78 is 5.30. The van der Waals surface area contributed by atoms with Crippen molar-refractivity contribution >= 4 is 30.1 Å². The van der Waals surface area contributed by atoms with E-state index >= 15 is 0 Å². The summed E-state index contributed by atoms with van der Waals surface area (Å²) in [6.45, 7) is 3.47. The van der Waals surface area contributed by atoms with Crippen molar-refractivity contribution in [1.82, 2.24) is 4.90 Å². The fourth-order valence-corrected chi connectivity index (χ4v) is 3.61. The number of benzene rings is 2. The van der Waals surface area contributed by atoms with E-state index in [-0.39, 0.29) is 12.4 Å². The quantitative estimate of drug-likeness (QED) is 0.590. The highest BCUT2D eigenvalue weighted by atomic mass is 35.5. The number of halogens is 2. The highest BCUT2D eigenvalue weighted by Crippen LogP contribution is 2.31. The molecule has 0 N–H and O–H groups in total. The fraction of sp³-hybridized carbons (Fsp3) is 0.364. The number of nitrogens with zero attached hydrogens (tertiary/aromatic N) is 1. The van der Waals surface area contributed by atoms with Gasteiger partial charge in [0.25, 0.3) is 0 Å². The average Bonchev–Trinajstić information content (AvgIpc) is 2.91.